The van der Waals surface area contributed by atoms with Gasteiger partial charge in [0, 0.05) is 39.8 Å². The number of benzene rings is 3. The van der Waals surface area contributed by atoms with Crippen molar-refractivity contribution in [2.75, 3.05) is 0 Å². The van der Waals surface area contributed by atoms with Crippen LogP contribution in [-0.2, 0) is 22.6 Å². The number of carbonyl (C=O) groups excluding carboxylic acids is 2. The van der Waals surface area contributed by atoms with E-state index in [0.29, 0.717) is 23.0 Å². The molecule has 0 radical (unpaired) electrons. The molecule has 0 bridgehead atoms. The van der Waals surface area contributed by atoms with Crippen LogP contribution in [0, 0.1) is 6.92 Å². The average Bonchev–Trinajstić information content (AvgIpc) is 3.22. The number of hydrogen-bond donors (Lipinski definition) is 0. The summed E-state index contributed by atoms with van der Waals surface area (Å²) < 4.78 is -1.03. The molecule has 198 valence electrons. The van der Waals surface area contributed by atoms with E-state index in [1.54, 1.807) is 6.20 Å². The maximum Gasteiger partial charge on any atom is 0.225 e. The number of rotatable bonds is 9. The van der Waals surface area contributed by atoms with Crippen molar-refractivity contribution < 1.29 is 9.59 Å². The van der Waals surface area contributed by atoms with Crippen LogP contribution in [0.1, 0.15) is 41.3 Å². The first-order valence-corrected chi connectivity index (χ1v) is 14.4. The third-order valence-electron chi connectivity index (χ3n) is 7.07. The summed E-state index contributed by atoms with van der Waals surface area (Å²) in [6.45, 7) is 2.40. The second-order valence-electron chi connectivity index (χ2n) is 9.83. The van der Waals surface area contributed by atoms with E-state index in [0.717, 1.165) is 27.3 Å². The van der Waals surface area contributed by atoms with Crippen molar-refractivity contribution in [2.24, 2.45) is 0 Å². The van der Waals surface area contributed by atoms with Gasteiger partial charge in [-0.05, 0) is 73.0 Å². The molecule has 1 amide bonds. The van der Waals surface area contributed by atoms with E-state index in [-0.39, 0.29) is 24.5 Å². The third-order valence-corrected chi connectivity index (χ3v) is 9.04. The molecule has 0 N–H and O–H groups in total. The average molecular weight is 576 g/mol. The number of Topliss-reactive ketones (excluding diaryl/α,β-unsaturated/α-hetero) is 1. The fraction of sp³-hybridized carbons (Fsp3) is 0.219. The first kappa shape index (κ1) is 27.4. The van der Waals surface area contributed by atoms with Gasteiger partial charge in [-0.3, -0.25) is 14.6 Å². The maximum atomic E-state index is 14.4. The molecule has 0 spiro atoms. The van der Waals surface area contributed by atoms with E-state index in [1.165, 1.54) is 11.8 Å². The van der Waals surface area contributed by atoms with Crippen LogP contribution >= 0.6 is 35.0 Å². The monoisotopic (exact) mass is 574 g/mol. The molecule has 1 aliphatic heterocycles. The van der Waals surface area contributed by atoms with Crippen LogP contribution in [0.4, 0.5) is 0 Å². The predicted molar refractivity (Wildman–Crippen MR) is 158 cm³/mol. The van der Waals surface area contributed by atoms with Gasteiger partial charge in [0.1, 0.15) is 4.75 Å². The van der Waals surface area contributed by atoms with Gasteiger partial charge in [-0.2, -0.15) is 0 Å². The number of nitrogens with zero attached hydrogens (tertiary/aromatic N) is 2. The molecule has 1 aliphatic rings. The number of carbonyl (C=O) groups is 2. The number of likely N-dealkylation sites (tertiary alicyclic amines) is 1. The summed E-state index contributed by atoms with van der Waals surface area (Å²) in [7, 11) is 0. The number of amides is 1. The number of aromatic nitrogens is 1. The summed E-state index contributed by atoms with van der Waals surface area (Å²) >= 11 is 13.9. The molecular formula is C32H28Cl2N2O2S. The smallest absolute Gasteiger partial charge is 0.225 e. The zero-order valence-electron chi connectivity index (χ0n) is 21.5. The molecule has 4 aromatic rings. The van der Waals surface area contributed by atoms with Gasteiger partial charge in [-0.25, -0.2) is 0 Å². The Morgan fingerprint density at radius 1 is 0.949 bits per heavy atom. The molecule has 1 fully saturated rings. The Kier molecular flexibility index (Phi) is 8.41. The van der Waals surface area contributed by atoms with Gasteiger partial charge in [0.05, 0.1) is 12.5 Å². The highest BCUT2D eigenvalue weighted by atomic mass is 35.5. The Balaban J connectivity index is 1.58. The minimum absolute atomic E-state index is 0.0330. The molecule has 2 heterocycles. The summed E-state index contributed by atoms with van der Waals surface area (Å²) in [5.74, 6) is -0.0265. The van der Waals surface area contributed by atoms with E-state index in [2.05, 4.69) is 4.98 Å². The molecule has 0 aliphatic carbocycles. The Hall–Kier alpha value is -3.12. The van der Waals surface area contributed by atoms with Crippen LogP contribution in [-0.4, -0.2) is 26.3 Å². The van der Waals surface area contributed by atoms with Gasteiger partial charge >= 0.3 is 0 Å². The molecule has 7 heteroatoms. The van der Waals surface area contributed by atoms with Crippen LogP contribution in [0.3, 0.4) is 0 Å². The van der Waals surface area contributed by atoms with Gasteiger partial charge in [0.15, 0.2) is 5.78 Å². The summed E-state index contributed by atoms with van der Waals surface area (Å²) in [5.41, 5.74) is 3.82. The van der Waals surface area contributed by atoms with Crippen LogP contribution in [0.5, 0.6) is 0 Å². The Morgan fingerprint density at radius 3 is 2.26 bits per heavy atom. The number of halogens is 2. The molecule has 1 saturated heterocycles. The van der Waals surface area contributed by atoms with Crippen LogP contribution < -0.4 is 0 Å². The Bertz CT molecular complexity index is 1440. The van der Waals surface area contributed by atoms with E-state index in [1.807, 2.05) is 103 Å². The number of pyridine rings is 1. The van der Waals surface area contributed by atoms with Crippen molar-refractivity contribution >= 4 is 46.7 Å². The lowest BCUT2D eigenvalue weighted by atomic mass is 9.86. The lowest BCUT2D eigenvalue weighted by molar-refractivity contribution is -0.129. The summed E-state index contributed by atoms with van der Waals surface area (Å²) in [4.78, 5) is 35.4. The Labute approximate surface area is 243 Å². The second-order valence-corrected chi connectivity index (χ2v) is 12.1. The molecule has 2 atom stereocenters. The Morgan fingerprint density at radius 2 is 1.62 bits per heavy atom. The number of ketones is 1. The van der Waals surface area contributed by atoms with Gasteiger partial charge in [0.2, 0.25) is 5.91 Å². The quantitative estimate of drug-likeness (QED) is 0.204. The molecule has 1 aromatic heterocycles. The van der Waals surface area contributed by atoms with Crippen molar-refractivity contribution in [3.8, 4) is 0 Å². The molecule has 5 rings (SSSR count). The lowest BCUT2D eigenvalue weighted by Gasteiger charge is -2.37. The normalized spacial score (nSPS) is 18.9. The lowest BCUT2D eigenvalue weighted by Crippen LogP contribution is -2.42. The number of aryl methyl sites for hydroxylation is 2. The first-order valence-electron chi connectivity index (χ1n) is 12.8. The van der Waals surface area contributed by atoms with Crippen LogP contribution in [0.25, 0.3) is 0 Å². The highest BCUT2D eigenvalue weighted by molar-refractivity contribution is 8.01. The standard InChI is InChI=1S/C32H28Cl2N2O2S/c1-22-5-16-28(17-6-22)39-32(29(37)18-15-27-4-2-3-19-35-27)20-30(38)36(21-23-7-11-25(33)12-8-23)31(32)24-9-13-26(34)14-10-24/h2-14,16-17,19,31H,15,18,20-21H2,1H3. The molecular weight excluding hydrogens is 547 g/mol. The van der Waals surface area contributed by atoms with E-state index in [9.17, 15) is 9.59 Å². The minimum atomic E-state index is -1.03. The summed E-state index contributed by atoms with van der Waals surface area (Å²) in [6.07, 6.45) is 2.63. The van der Waals surface area contributed by atoms with Gasteiger partial charge in [0.25, 0.3) is 0 Å². The second kappa shape index (κ2) is 12.0. The van der Waals surface area contributed by atoms with Gasteiger partial charge in [-0.1, -0.05) is 71.2 Å². The summed E-state index contributed by atoms with van der Waals surface area (Å²) in [5, 5.41) is 1.24. The molecule has 2 unspecified atom stereocenters. The van der Waals surface area contributed by atoms with Crippen molar-refractivity contribution in [3.05, 3.63) is 130 Å². The van der Waals surface area contributed by atoms with E-state index in [4.69, 9.17) is 23.2 Å². The molecule has 4 nitrogen and oxygen atoms in total. The van der Waals surface area contributed by atoms with E-state index < -0.39 is 10.8 Å². The minimum Gasteiger partial charge on any atom is -0.329 e. The maximum absolute atomic E-state index is 14.4. The topological polar surface area (TPSA) is 50.3 Å². The molecule has 3 aromatic carbocycles. The van der Waals surface area contributed by atoms with Crippen molar-refractivity contribution in [1.29, 1.82) is 0 Å². The number of hydrogen-bond acceptors (Lipinski definition) is 4. The zero-order chi connectivity index (χ0) is 27.4. The van der Waals surface area contributed by atoms with Crippen molar-refractivity contribution in [1.82, 2.24) is 9.88 Å². The van der Waals surface area contributed by atoms with Crippen LogP contribution in [0.2, 0.25) is 10.0 Å². The fourth-order valence-electron chi connectivity index (χ4n) is 5.09. The van der Waals surface area contributed by atoms with Crippen molar-refractivity contribution in [3.63, 3.8) is 0 Å². The van der Waals surface area contributed by atoms with Crippen LogP contribution in [0.15, 0.2) is 102 Å². The number of thioether (sulfide) groups is 1. The highest BCUT2D eigenvalue weighted by Gasteiger charge is 2.57. The molecule has 39 heavy (non-hydrogen) atoms. The zero-order valence-corrected chi connectivity index (χ0v) is 23.8. The van der Waals surface area contributed by atoms with Gasteiger partial charge in [-0.15, -0.1) is 11.8 Å². The predicted octanol–water partition coefficient (Wildman–Crippen LogP) is 7.90. The van der Waals surface area contributed by atoms with E-state index >= 15 is 0 Å². The largest absolute Gasteiger partial charge is 0.329 e. The van der Waals surface area contributed by atoms with Gasteiger partial charge < -0.3 is 4.90 Å². The van der Waals surface area contributed by atoms with Crippen molar-refractivity contribution in [2.45, 2.75) is 48.4 Å². The first-order chi connectivity index (χ1) is 18.8. The SMILES string of the molecule is Cc1ccc(SC2(C(=O)CCc3ccccn3)CC(=O)N(Cc3ccc(Cl)cc3)C2c2ccc(Cl)cc2)cc1. The fourth-order valence-corrected chi connectivity index (χ4v) is 6.83. The third kappa shape index (κ3) is 6.22. The molecule has 0 saturated carbocycles. The highest BCUT2D eigenvalue weighted by Crippen LogP contribution is 2.54. The summed E-state index contributed by atoms with van der Waals surface area (Å²) in [6, 6.07) is 28.3.